The predicted molar refractivity (Wildman–Crippen MR) is 75.5 cm³/mol. The van der Waals surface area contributed by atoms with Crippen LogP contribution in [0.5, 0.6) is 0 Å². The normalized spacial score (nSPS) is 12.3. The molecule has 0 spiro atoms. The number of rotatable bonds is 7. The lowest BCUT2D eigenvalue weighted by Crippen LogP contribution is -2.33. The molecular formula is C12H25N3S. The van der Waals surface area contributed by atoms with Crippen LogP contribution in [0.2, 0.25) is 0 Å². The third kappa shape index (κ3) is 4.08. The van der Waals surface area contributed by atoms with Gasteiger partial charge in [0.25, 0.3) is 0 Å². The molecule has 0 aliphatic rings. The lowest BCUT2D eigenvalue weighted by atomic mass is 9.70. The second-order valence-electron chi connectivity index (χ2n) is 4.19. The number of nitrogens with zero attached hydrogens (tertiary/aromatic N) is 1. The van der Waals surface area contributed by atoms with E-state index < -0.39 is 0 Å². The lowest BCUT2D eigenvalue weighted by Gasteiger charge is -2.35. The van der Waals surface area contributed by atoms with Crippen LogP contribution in [-0.2, 0) is 0 Å². The van der Waals surface area contributed by atoms with E-state index in [2.05, 4.69) is 38.2 Å². The summed E-state index contributed by atoms with van der Waals surface area (Å²) in [6.07, 6.45) is 6.55. The zero-order valence-electron chi connectivity index (χ0n) is 10.9. The van der Waals surface area contributed by atoms with Crippen molar-refractivity contribution in [1.29, 1.82) is 0 Å². The van der Waals surface area contributed by atoms with E-state index in [1.807, 2.05) is 6.21 Å². The first-order valence-corrected chi connectivity index (χ1v) is 6.56. The summed E-state index contributed by atoms with van der Waals surface area (Å²) in [7, 11) is 0. The van der Waals surface area contributed by atoms with Crippen molar-refractivity contribution in [3.63, 3.8) is 0 Å². The highest BCUT2D eigenvalue weighted by Crippen LogP contribution is 2.37. The molecule has 94 valence electrons. The highest BCUT2D eigenvalue weighted by molar-refractivity contribution is 7.80. The summed E-state index contributed by atoms with van der Waals surface area (Å²) in [6, 6.07) is 0. The number of hydrazone groups is 1. The maximum absolute atomic E-state index is 5.35. The average Bonchev–Trinajstić information content (AvgIpc) is 2.28. The summed E-state index contributed by atoms with van der Waals surface area (Å²) in [5.41, 5.74) is 8.17. The Balaban J connectivity index is 4.79. The number of nitrogens with one attached hydrogen (secondary N) is 1. The molecule has 0 unspecified atom stereocenters. The minimum Gasteiger partial charge on any atom is -0.375 e. The highest BCUT2D eigenvalue weighted by atomic mass is 32.1. The quantitative estimate of drug-likeness (QED) is 0.410. The molecule has 0 heterocycles. The Kier molecular flexibility index (Phi) is 7.30. The van der Waals surface area contributed by atoms with E-state index in [9.17, 15) is 0 Å². The summed E-state index contributed by atoms with van der Waals surface area (Å²) in [6.45, 7) is 8.91. The van der Waals surface area contributed by atoms with Crippen LogP contribution in [0.4, 0.5) is 0 Å². The first kappa shape index (κ1) is 15.4. The average molecular weight is 243 g/mol. The predicted octanol–water partition coefficient (Wildman–Crippen LogP) is 3.05. The monoisotopic (exact) mass is 243 g/mol. The Morgan fingerprint density at radius 2 is 1.81 bits per heavy atom. The van der Waals surface area contributed by atoms with Crippen molar-refractivity contribution < 1.29 is 0 Å². The van der Waals surface area contributed by atoms with Gasteiger partial charge in [-0.1, -0.05) is 40.5 Å². The Bertz CT molecular complexity index is 230. The van der Waals surface area contributed by atoms with E-state index in [4.69, 9.17) is 18.0 Å². The van der Waals surface area contributed by atoms with E-state index in [1.165, 1.54) is 12.8 Å². The van der Waals surface area contributed by atoms with Gasteiger partial charge < -0.3 is 5.73 Å². The molecule has 0 amide bonds. The summed E-state index contributed by atoms with van der Waals surface area (Å²) in [5, 5.41) is 4.38. The van der Waals surface area contributed by atoms with E-state index in [0.29, 0.717) is 5.92 Å². The molecular weight excluding hydrogens is 218 g/mol. The second-order valence-corrected chi connectivity index (χ2v) is 4.63. The zero-order valence-corrected chi connectivity index (χ0v) is 11.7. The van der Waals surface area contributed by atoms with Crippen molar-refractivity contribution >= 4 is 23.5 Å². The van der Waals surface area contributed by atoms with Crippen molar-refractivity contribution in [1.82, 2.24) is 5.43 Å². The van der Waals surface area contributed by atoms with Gasteiger partial charge in [0.15, 0.2) is 5.11 Å². The molecule has 0 fully saturated rings. The van der Waals surface area contributed by atoms with Crippen LogP contribution >= 0.6 is 12.2 Å². The van der Waals surface area contributed by atoms with E-state index in [0.717, 1.165) is 12.8 Å². The van der Waals surface area contributed by atoms with Gasteiger partial charge in [-0.05, 0) is 31.0 Å². The summed E-state index contributed by atoms with van der Waals surface area (Å²) < 4.78 is 0. The smallest absolute Gasteiger partial charge is 0.184 e. The topological polar surface area (TPSA) is 50.4 Å². The molecule has 0 bridgehead atoms. The number of hydrogen-bond acceptors (Lipinski definition) is 2. The fourth-order valence-electron chi connectivity index (χ4n) is 2.44. The molecule has 0 saturated heterocycles. The van der Waals surface area contributed by atoms with Crippen LogP contribution in [0.15, 0.2) is 5.10 Å². The second kappa shape index (κ2) is 7.60. The number of nitrogens with two attached hydrogens (primary N) is 1. The molecule has 3 N–H and O–H groups in total. The first-order chi connectivity index (χ1) is 7.56. The maximum atomic E-state index is 5.35. The van der Waals surface area contributed by atoms with Crippen LogP contribution in [0.3, 0.4) is 0 Å². The Morgan fingerprint density at radius 3 is 2.12 bits per heavy atom. The molecule has 0 aromatic heterocycles. The maximum Gasteiger partial charge on any atom is 0.184 e. The number of thiocarbonyl (C=S) groups is 1. The van der Waals surface area contributed by atoms with Crippen LogP contribution in [0, 0.1) is 11.3 Å². The lowest BCUT2D eigenvalue weighted by molar-refractivity contribution is 0.228. The standard InChI is InChI=1S/C12H25N3S/c1-5-10(6-2)12(7-3,8-4)9-14-15-11(13)16/h9-10H,5-8H2,1-4H3,(H3,13,15,16). The van der Waals surface area contributed by atoms with Crippen molar-refractivity contribution in [3.05, 3.63) is 0 Å². The molecule has 4 heteroatoms. The summed E-state index contributed by atoms with van der Waals surface area (Å²) in [4.78, 5) is 0. The molecule has 0 saturated carbocycles. The minimum absolute atomic E-state index is 0.168. The zero-order chi connectivity index (χ0) is 12.6. The van der Waals surface area contributed by atoms with E-state index in [1.54, 1.807) is 0 Å². The Labute approximate surface area is 105 Å². The van der Waals surface area contributed by atoms with E-state index >= 15 is 0 Å². The molecule has 0 aromatic carbocycles. The van der Waals surface area contributed by atoms with Crippen molar-refractivity contribution in [2.24, 2.45) is 22.2 Å². The van der Waals surface area contributed by atoms with Crippen LogP contribution < -0.4 is 11.2 Å². The fourth-order valence-corrected chi connectivity index (χ4v) is 2.49. The van der Waals surface area contributed by atoms with Crippen LogP contribution in [0.25, 0.3) is 0 Å². The van der Waals surface area contributed by atoms with Gasteiger partial charge >= 0.3 is 0 Å². The summed E-state index contributed by atoms with van der Waals surface area (Å²) >= 11 is 4.73. The molecule has 0 aromatic rings. The van der Waals surface area contributed by atoms with E-state index in [-0.39, 0.29) is 10.5 Å². The molecule has 0 aliphatic carbocycles. The molecule has 3 nitrogen and oxygen atoms in total. The van der Waals surface area contributed by atoms with Crippen LogP contribution in [-0.4, -0.2) is 11.3 Å². The SMILES string of the molecule is CCC(CC)C(C=NNC(N)=S)(CC)CC. The third-order valence-electron chi connectivity index (χ3n) is 3.61. The van der Waals surface area contributed by atoms with Gasteiger partial charge in [-0.2, -0.15) is 5.10 Å². The van der Waals surface area contributed by atoms with Crippen molar-refractivity contribution in [2.75, 3.05) is 0 Å². The van der Waals surface area contributed by atoms with Gasteiger partial charge in [0.05, 0.1) is 0 Å². The molecule has 0 rings (SSSR count). The van der Waals surface area contributed by atoms with Gasteiger partial charge in [-0.15, -0.1) is 0 Å². The Morgan fingerprint density at radius 1 is 1.31 bits per heavy atom. The largest absolute Gasteiger partial charge is 0.375 e. The van der Waals surface area contributed by atoms with Gasteiger partial charge in [0.1, 0.15) is 0 Å². The minimum atomic E-state index is 0.168. The molecule has 0 radical (unpaired) electrons. The van der Waals surface area contributed by atoms with Gasteiger partial charge in [-0.25, -0.2) is 0 Å². The van der Waals surface area contributed by atoms with Crippen LogP contribution in [0.1, 0.15) is 53.4 Å². The van der Waals surface area contributed by atoms with Crippen molar-refractivity contribution in [2.45, 2.75) is 53.4 Å². The van der Waals surface area contributed by atoms with Crippen molar-refractivity contribution in [3.8, 4) is 0 Å². The van der Waals surface area contributed by atoms with Gasteiger partial charge in [0, 0.05) is 11.6 Å². The molecule has 0 atom stereocenters. The van der Waals surface area contributed by atoms with Gasteiger partial charge in [-0.3, -0.25) is 5.43 Å². The fraction of sp³-hybridized carbons (Fsp3) is 0.833. The third-order valence-corrected chi connectivity index (χ3v) is 3.70. The molecule has 16 heavy (non-hydrogen) atoms. The molecule has 0 aliphatic heterocycles. The highest BCUT2D eigenvalue weighted by Gasteiger charge is 2.31. The first-order valence-electron chi connectivity index (χ1n) is 6.15. The van der Waals surface area contributed by atoms with Gasteiger partial charge in [0.2, 0.25) is 0 Å². The Hall–Kier alpha value is -0.640. The summed E-state index contributed by atoms with van der Waals surface area (Å²) in [5.74, 6) is 0.666. The number of hydrogen-bond donors (Lipinski definition) is 2.